The van der Waals surface area contributed by atoms with Crippen molar-refractivity contribution in [1.29, 1.82) is 0 Å². The summed E-state index contributed by atoms with van der Waals surface area (Å²) in [5.41, 5.74) is 6.39. The van der Waals surface area contributed by atoms with Gasteiger partial charge >= 0.3 is 0 Å². The Balaban J connectivity index is 1.44. The molecule has 0 unspecified atom stereocenters. The van der Waals surface area contributed by atoms with Crippen LogP contribution in [0.3, 0.4) is 0 Å². The molecular weight excluding hydrogens is 350 g/mol. The highest BCUT2D eigenvalue weighted by Gasteiger charge is 2.27. The first-order valence-electron chi connectivity index (χ1n) is 9.41. The third-order valence-electron chi connectivity index (χ3n) is 5.00. The van der Waals surface area contributed by atoms with Crippen LogP contribution in [0.4, 0.5) is 11.6 Å². The molecule has 1 aliphatic rings. The van der Waals surface area contributed by atoms with Crippen LogP contribution >= 0.6 is 0 Å². The zero-order valence-corrected chi connectivity index (χ0v) is 15.9. The van der Waals surface area contributed by atoms with Crippen molar-refractivity contribution in [3.05, 3.63) is 66.4 Å². The van der Waals surface area contributed by atoms with Crippen molar-refractivity contribution in [3.63, 3.8) is 0 Å². The highest BCUT2D eigenvalue weighted by atomic mass is 15.3. The van der Waals surface area contributed by atoms with E-state index in [1.54, 1.807) is 17.1 Å². The summed E-state index contributed by atoms with van der Waals surface area (Å²) in [6.07, 6.45) is 9.81. The second kappa shape index (κ2) is 6.60. The molecule has 0 spiro atoms. The molecule has 28 heavy (non-hydrogen) atoms. The zero-order valence-electron chi connectivity index (χ0n) is 15.9. The molecule has 1 N–H and O–H groups in total. The molecule has 0 radical (unpaired) electrons. The molecule has 1 aromatic carbocycles. The molecule has 7 nitrogen and oxygen atoms in total. The van der Waals surface area contributed by atoms with Crippen LogP contribution < -0.4 is 5.32 Å². The molecule has 0 bridgehead atoms. The predicted octanol–water partition coefficient (Wildman–Crippen LogP) is 3.99. The summed E-state index contributed by atoms with van der Waals surface area (Å²) in [7, 11) is 1.88. The summed E-state index contributed by atoms with van der Waals surface area (Å²) in [6.45, 7) is 2.12. The number of hydrogen-bond donors (Lipinski definition) is 1. The summed E-state index contributed by atoms with van der Waals surface area (Å²) in [4.78, 5) is 8.97. The van der Waals surface area contributed by atoms with Crippen molar-refractivity contribution >= 4 is 11.6 Å². The van der Waals surface area contributed by atoms with Crippen LogP contribution in [-0.4, -0.2) is 29.5 Å². The minimum Gasteiger partial charge on any atom is -0.321 e. The number of nitrogens with one attached hydrogen (secondary N) is 1. The summed E-state index contributed by atoms with van der Waals surface area (Å²) in [6, 6.07) is 10.4. The predicted molar refractivity (Wildman–Crippen MR) is 108 cm³/mol. The molecule has 140 valence electrons. The molecule has 1 aliphatic carbocycles. The van der Waals surface area contributed by atoms with Crippen molar-refractivity contribution < 1.29 is 0 Å². The van der Waals surface area contributed by atoms with Gasteiger partial charge < -0.3 is 5.32 Å². The maximum Gasteiger partial charge on any atom is 0.227 e. The summed E-state index contributed by atoms with van der Waals surface area (Å²) in [5, 5.41) is 11.9. The Kier molecular flexibility index (Phi) is 3.93. The lowest BCUT2D eigenvalue weighted by atomic mass is 10.1. The van der Waals surface area contributed by atoms with E-state index in [4.69, 9.17) is 0 Å². The van der Waals surface area contributed by atoms with Gasteiger partial charge in [0.15, 0.2) is 0 Å². The molecule has 0 saturated heterocycles. The topological polar surface area (TPSA) is 73.5 Å². The minimum absolute atomic E-state index is 0.551. The van der Waals surface area contributed by atoms with E-state index in [0.29, 0.717) is 11.9 Å². The van der Waals surface area contributed by atoms with Crippen LogP contribution in [-0.2, 0) is 7.05 Å². The molecule has 3 heterocycles. The van der Waals surface area contributed by atoms with Crippen molar-refractivity contribution in [1.82, 2.24) is 29.5 Å². The molecule has 0 atom stereocenters. The van der Waals surface area contributed by atoms with E-state index >= 15 is 0 Å². The zero-order chi connectivity index (χ0) is 19.1. The van der Waals surface area contributed by atoms with E-state index in [9.17, 15) is 0 Å². The van der Waals surface area contributed by atoms with Crippen molar-refractivity contribution in [2.24, 2.45) is 7.05 Å². The highest BCUT2D eigenvalue weighted by molar-refractivity contribution is 5.64. The normalized spacial score (nSPS) is 13.6. The number of rotatable bonds is 5. The first-order chi connectivity index (χ1) is 13.7. The first-order valence-corrected chi connectivity index (χ1v) is 9.41. The number of nitrogens with zero attached hydrogens (tertiary/aromatic N) is 6. The smallest absolute Gasteiger partial charge is 0.227 e. The second-order valence-corrected chi connectivity index (χ2v) is 7.24. The van der Waals surface area contributed by atoms with Gasteiger partial charge in [-0.2, -0.15) is 10.2 Å². The molecule has 7 heteroatoms. The quantitative estimate of drug-likeness (QED) is 0.574. The maximum absolute atomic E-state index is 4.66. The number of anilines is 2. The third-order valence-corrected chi connectivity index (χ3v) is 5.00. The lowest BCUT2D eigenvalue weighted by molar-refractivity contribution is 0.768. The average Bonchev–Trinajstić information content (AvgIpc) is 3.28. The highest BCUT2D eigenvalue weighted by Crippen LogP contribution is 2.41. The van der Waals surface area contributed by atoms with Gasteiger partial charge in [-0.05, 0) is 49.6 Å². The van der Waals surface area contributed by atoms with Crippen LogP contribution in [0.1, 0.15) is 30.0 Å². The van der Waals surface area contributed by atoms with Crippen molar-refractivity contribution in [2.45, 2.75) is 25.7 Å². The Labute approximate surface area is 163 Å². The first kappa shape index (κ1) is 16.7. The van der Waals surface area contributed by atoms with Crippen LogP contribution in [0.15, 0.2) is 55.1 Å². The standard InChI is InChI=1S/C21H21N7/c1-14-11-16(5-6-19(14)28-20(8-10-23-28)15-3-4-15)18-7-9-22-21(26-18)25-17-12-24-27(2)13-17/h5-13,15H,3-4H2,1-2H3,(H,22,25,26). The Bertz CT molecular complexity index is 1140. The molecule has 0 amide bonds. The van der Waals surface area contributed by atoms with E-state index < -0.39 is 0 Å². The van der Waals surface area contributed by atoms with Gasteiger partial charge in [-0.3, -0.25) is 4.68 Å². The van der Waals surface area contributed by atoms with Crippen LogP contribution in [0.2, 0.25) is 0 Å². The van der Waals surface area contributed by atoms with Crippen molar-refractivity contribution in [2.75, 3.05) is 5.32 Å². The van der Waals surface area contributed by atoms with E-state index in [1.807, 2.05) is 25.5 Å². The summed E-state index contributed by atoms with van der Waals surface area (Å²) in [5.74, 6) is 1.21. The second-order valence-electron chi connectivity index (χ2n) is 7.24. The fourth-order valence-electron chi connectivity index (χ4n) is 3.45. The van der Waals surface area contributed by atoms with E-state index in [1.165, 1.54) is 24.1 Å². The minimum atomic E-state index is 0.551. The summed E-state index contributed by atoms with van der Waals surface area (Å²) < 4.78 is 3.81. The van der Waals surface area contributed by atoms with E-state index in [-0.39, 0.29) is 0 Å². The monoisotopic (exact) mass is 371 g/mol. The molecule has 1 saturated carbocycles. The fourth-order valence-corrected chi connectivity index (χ4v) is 3.45. The Morgan fingerprint density at radius 2 is 1.96 bits per heavy atom. The van der Waals surface area contributed by atoms with Crippen LogP contribution in [0, 0.1) is 6.92 Å². The molecule has 0 aliphatic heterocycles. The molecule has 5 rings (SSSR count). The fraction of sp³-hybridized carbons (Fsp3) is 0.238. The van der Waals surface area contributed by atoms with E-state index in [0.717, 1.165) is 22.6 Å². The van der Waals surface area contributed by atoms with Gasteiger partial charge in [0.05, 0.1) is 23.3 Å². The number of aryl methyl sites for hydroxylation is 2. The number of benzene rings is 1. The van der Waals surface area contributed by atoms with Crippen molar-refractivity contribution in [3.8, 4) is 16.9 Å². The largest absolute Gasteiger partial charge is 0.321 e. The number of hydrogen-bond acceptors (Lipinski definition) is 5. The van der Waals surface area contributed by atoms with Gasteiger partial charge in [-0.15, -0.1) is 0 Å². The van der Waals surface area contributed by atoms with Crippen LogP contribution in [0.5, 0.6) is 0 Å². The van der Waals surface area contributed by atoms with Gasteiger partial charge in [-0.1, -0.05) is 6.07 Å². The molecule has 1 fully saturated rings. The summed E-state index contributed by atoms with van der Waals surface area (Å²) >= 11 is 0. The van der Waals surface area contributed by atoms with Gasteiger partial charge in [-0.25, -0.2) is 14.6 Å². The number of aromatic nitrogens is 6. The average molecular weight is 371 g/mol. The third kappa shape index (κ3) is 3.15. The van der Waals surface area contributed by atoms with Gasteiger partial charge in [0.1, 0.15) is 0 Å². The lowest BCUT2D eigenvalue weighted by Gasteiger charge is -2.12. The van der Waals surface area contributed by atoms with Gasteiger partial charge in [0.25, 0.3) is 0 Å². The Morgan fingerprint density at radius 3 is 2.71 bits per heavy atom. The Morgan fingerprint density at radius 1 is 1.07 bits per heavy atom. The van der Waals surface area contributed by atoms with Crippen LogP contribution in [0.25, 0.3) is 16.9 Å². The Hall–Kier alpha value is -3.48. The lowest BCUT2D eigenvalue weighted by Crippen LogP contribution is -2.03. The molecule has 4 aromatic rings. The maximum atomic E-state index is 4.66. The van der Waals surface area contributed by atoms with Gasteiger partial charge in [0, 0.05) is 42.8 Å². The van der Waals surface area contributed by atoms with E-state index in [2.05, 4.69) is 61.4 Å². The van der Waals surface area contributed by atoms with Gasteiger partial charge in [0.2, 0.25) is 5.95 Å². The molecular formula is C21H21N7. The molecule has 3 aromatic heterocycles. The SMILES string of the molecule is Cc1cc(-c2ccnc(Nc3cnn(C)c3)n2)ccc1-n1nccc1C1CC1.